The molecule has 1 saturated heterocycles. The van der Waals surface area contributed by atoms with E-state index in [2.05, 4.69) is 26.8 Å². The Bertz CT molecular complexity index is 512. The van der Waals surface area contributed by atoms with E-state index in [-0.39, 0.29) is 5.28 Å². The molecular weight excluding hydrogens is 232 g/mol. The fourth-order valence-electron chi connectivity index (χ4n) is 1.75. The average molecular weight is 241 g/mol. The van der Waals surface area contributed by atoms with Crippen LogP contribution >= 0.6 is 22.9 Å². The van der Waals surface area contributed by atoms with Crippen molar-refractivity contribution in [3.63, 3.8) is 0 Å². The van der Waals surface area contributed by atoms with Crippen molar-refractivity contribution in [1.82, 2.24) is 15.0 Å². The summed E-state index contributed by atoms with van der Waals surface area (Å²) in [5, 5.41) is 0.280. The summed E-state index contributed by atoms with van der Waals surface area (Å²) < 4.78 is 1.03. The van der Waals surface area contributed by atoms with Crippen LogP contribution in [0.3, 0.4) is 0 Å². The summed E-state index contributed by atoms with van der Waals surface area (Å²) in [6.07, 6.45) is 1.21. The topological polar surface area (TPSA) is 41.9 Å². The van der Waals surface area contributed by atoms with Crippen LogP contribution in [-0.2, 0) is 0 Å². The molecule has 1 atom stereocenters. The minimum Gasteiger partial charge on any atom is -0.352 e. The molecule has 3 rings (SSSR count). The van der Waals surface area contributed by atoms with E-state index >= 15 is 0 Å². The molecular formula is C9H9ClN4S. The quantitative estimate of drug-likeness (QED) is 0.718. The molecule has 1 aliphatic rings. The van der Waals surface area contributed by atoms with E-state index < -0.39 is 0 Å². The Labute approximate surface area is 95.9 Å². The number of halogens is 1. The van der Waals surface area contributed by atoms with Gasteiger partial charge in [0.2, 0.25) is 5.28 Å². The molecule has 6 heteroatoms. The molecule has 3 heterocycles. The summed E-state index contributed by atoms with van der Waals surface area (Å²) in [7, 11) is 0. The largest absolute Gasteiger partial charge is 0.352 e. The second-order valence-corrected chi connectivity index (χ2v) is 4.85. The molecule has 0 bridgehead atoms. The van der Waals surface area contributed by atoms with Crippen LogP contribution in [-0.4, -0.2) is 27.5 Å². The van der Waals surface area contributed by atoms with Gasteiger partial charge in [0.25, 0.3) is 0 Å². The SMILES string of the molecule is C[C@H]1CCN1c1nc(Cl)nc2ncsc12. The molecule has 1 aliphatic heterocycles. The third-order valence-electron chi connectivity index (χ3n) is 2.74. The summed E-state index contributed by atoms with van der Waals surface area (Å²) >= 11 is 7.44. The third kappa shape index (κ3) is 1.38. The predicted octanol–water partition coefficient (Wildman–Crippen LogP) is 2.34. The molecule has 1 fully saturated rings. The van der Waals surface area contributed by atoms with Gasteiger partial charge in [-0.25, -0.2) is 4.98 Å². The van der Waals surface area contributed by atoms with Crippen LogP contribution in [0.2, 0.25) is 5.28 Å². The van der Waals surface area contributed by atoms with Gasteiger partial charge in [0.15, 0.2) is 11.5 Å². The highest BCUT2D eigenvalue weighted by molar-refractivity contribution is 7.17. The van der Waals surface area contributed by atoms with E-state index in [1.807, 2.05) is 0 Å². The van der Waals surface area contributed by atoms with Gasteiger partial charge >= 0.3 is 0 Å². The number of hydrogen-bond donors (Lipinski definition) is 0. The number of thiazole rings is 1. The van der Waals surface area contributed by atoms with Crippen LogP contribution in [0.15, 0.2) is 5.51 Å². The van der Waals surface area contributed by atoms with Gasteiger partial charge in [-0.2, -0.15) is 9.97 Å². The lowest BCUT2D eigenvalue weighted by Gasteiger charge is -2.39. The zero-order valence-corrected chi connectivity index (χ0v) is 9.72. The number of aromatic nitrogens is 3. The number of fused-ring (bicyclic) bond motifs is 1. The lowest BCUT2D eigenvalue weighted by molar-refractivity contribution is 0.478. The lowest BCUT2D eigenvalue weighted by Crippen LogP contribution is -2.46. The fraction of sp³-hybridized carbons (Fsp3) is 0.444. The zero-order chi connectivity index (χ0) is 10.4. The van der Waals surface area contributed by atoms with Crippen LogP contribution < -0.4 is 4.90 Å². The molecule has 2 aromatic heterocycles. The summed E-state index contributed by atoms with van der Waals surface area (Å²) in [6.45, 7) is 3.23. The normalized spacial score (nSPS) is 20.7. The maximum absolute atomic E-state index is 5.87. The Hall–Kier alpha value is -0.940. The summed E-state index contributed by atoms with van der Waals surface area (Å²) in [5.74, 6) is 0.936. The van der Waals surface area contributed by atoms with Crippen LogP contribution in [0.1, 0.15) is 13.3 Å². The Kier molecular flexibility index (Phi) is 2.03. The Morgan fingerprint density at radius 1 is 1.53 bits per heavy atom. The van der Waals surface area contributed by atoms with Crippen LogP contribution in [0.4, 0.5) is 5.82 Å². The first-order valence-corrected chi connectivity index (χ1v) is 6.05. The molecule has 4 nitrogen and oxygen atoms in total. The number of rotatable bonds is 1. The van der Waals surface area contributed by atoms with Crippen molar-refractivity contribution in [3.05, 3.63) is 10.8 Å². The molecule has 0 radical (unpaired) electrons. The van der Waals surface area contributed by atoms with Crippen LogP contribution in [0.5, 0.6) is 0 Å². The molecule has 0 unspecified atom stereocenters. The van der Waals surface area contributed by atoms with Gasteiger partial charge in [-0.05, 0) is 24.9 Å². The third-order valence-corrected chi connectivity index (χ3v) is 3.72. The lowest BCUT2D eigenvalue weighted by atomic mass is 10.1. The second-order valence-electron chi connectivity index (χ2n) is 3.65. The molecule has 78 valence electrons. The number of anilines is 1. The van der Waals surface area contributed by atoms with Crippen molar-refractivity contribution >= 4 is 39.1 Å². The maximum atomic E-state index is 5.87. The molecule has 0 aliphatic carbocycles. The first-order chi connectivity index (χ1) is 7.25. The Balaban J connectivity index is 2.19. The summed E-state index contributed by atoms with van der Waals surface area (Å²) in [6, 6.07) is 0.543. The van der Waals surface area contributed by atoms with Crippen molar-refractivity contribution in [2.45, 2.75) is 19.4 Å². The smallest absolute Gasteiger partial charge is 0.226 e. The molecule has 0 amide bonds. The molecule has 2 aromatic rings. The van der Waals surface area contributed by atoms with E-state index in [0.29, 0.717) is 11.7 Å². The van der Waals surface area contributed by atoms with Crippen molar-refractivity contribution in [2.24, 2.45) is 0 Å². The zero-order valence-electron chi connectivity index (χ0n) is 8.14. The Morgan fingerprint density at radius 3 is 3.07 bits per heavy atom. The van der Waals surface area contributed by atoms with E-state index in [9.17, 15) is 0 Å². The van der Waals surface area contributed by atoms with Gasteiger partial charge < -0.3 is 4.90 Å². The fourth-order valence-corrected chi connectivity index (χ4v) is 2.64. The number of hydrogen-bond acceptors (Lipinski definition) is 5. The first-order valence-electron chi connectivity index (χ1n) is 4.79. The molecule has 0 spiro atoms. The molecule has 0 N–H and O–H groups in total. The highest BCUT2D eigenvalue weighted by Gasteiger charge is 2.27. The maximum Gasteiger partial charge on any atom is 0.226 e. The van der Waals surface area contributed by atoms with E-state index in [0.717, 1.165) is 17.1 Å². The van der Waals surface area contributed by atoms with Crippen molar-refractivity contribution in [1.29, 1.82) is 0 Å². The van der Waals surface area contributed by atoms with Crippen molar-refractivity contribution < 1.29 is 0 Å². The minimum absolute atomic E-state index is 0.280. The van der Waals surface area contributed by atoms with E-state index in [4.69, 9.17) is 11.6 Å². The van der Waals surface area contributed by atoms with E-state index in [1.54, 1.807) is 16.8 Å². The van der Waals surface area contributed by atoms with Gasteiger partial charge in [-0.15, -0.1) is 11.3 Å². The Morgan fingerprint density at radius 2 is 2.40 bits per heavy atom. The van der Waals surface area contributed by atoms with Gasteiger partial charge in [-0.3, -0.25) is 0 Å². The standard InChI is InChI=1S/C9H9ClN4S/c1-5-2-3-14(5)8-6-7(11-4-15-6)12-9(10)13-8/h4-5H,2-3H2,1H3/t5-/m0/s1. The highest BCUT2D eigenvalue weighted by Crippen LogP contribution is 2.33. The van der Waals surface area contributed by atoms with Crippen LogP contribution in [0.25, 0.3) is 10.3 Å². The monoisotopic (exact) mass is 240 g/mol. The predicted molar refractivity (Wildman–Crippen MR) is 61.6 cm³/mol. The second kappa shape index (κ2) is 3.28. The molecule has 0 aromatic carbocycles. The summed E-state index contributed by atoms with van der Waals surface area (Å²) in [4.78, 5) is 14.8. The van der Waals surface area contributed by atoms with Gasteiger partial charge in [0.05, 0.1) is 5.51 Å². The average Bonchev–Trinajstić information content (AvgIpc) is 2.63. The number of nitrogens with zero attached hydrogens (tertiary/aromatic N) is 4. The van der Waals surface area contributed by atoms with E-state index in [1.165, 1.54) is 6.42 Å². The minimum atomic E-state index is 0.280. The van der Waals surface area contributed by atoms with Gasteiger partial charge in [-0.1, -0.05) is 0 Å². The summed E-state index contributed by atoms with van der Waals surface area (Å²) in [5.41, 5.74) is 2.48. The van der Waals surface area contributed by atoms with Gasteiger partial charge in [0, 0.05) is 12.6 Å². The van der Waals surface area contributed by atoms with Crippen molar-refractivity contribution in [2.75, 3.05) is 11.4 Å². The first kappa shape index (κ1) is 9.30. The van der Waals surface area contributed by atoms with Crippen LogP contribution in [0, 0.1) is 0 Å². The highest BCUT2D eigenvalue weighted by atomic mass is 35.5. The molecule has 15 heavy (non-hydrogen) atoms. The van der Waals surface area contributed by atoms with Crippen molar-refractivity contribution in [3.8, 4) is 0 Å². The molecule has 0 saturated carbocycles. The van der Waals surface area contributed by atoms with Gasteiger partial charge in [0.1, 0.15) is 4.70 Å².